The monoisotopic (exact) mass is 237 g/mol. The van der Waals surface area contributed by atoms with Crippen molar-refractivity contribution in [3.63, 3.8) is 0 Å². The van der Waals surface area contributed by atoms with E-state index in [4.69, 9.17) is 10.1 Å². The molecule has 2 atom stereocenters. The van der Waals surface area contributed by atoms with Gasteiger partial charge < -0.3 is 4.74 Å². The molecule has 1 saturated heterocycles. The van der Waals surface area contributed by atoms with Gasteiger partial charge in [0.25, 0.3) is 0 Å². The summed E-state index contributed by atoms with van der Waals surface area (Å²) in [6.45, 7) is 11.4. The van der Waals surface area contributed by atoms with Crippen LogP contribution in [0.4, 0.5) is 0 Å². The highest BCUT2D eigenvalue weighted by Gasteiger charge is 2.21. The van der Waals surface area contributed by atoms with Crippen molar-refractivity contribution < 1.29 is 4.74 Å². The van der Waals surface area contributed by atoms with Crippen molar-refractivity contribution in [1.29, 1.82) is 5.41 Å². The molecule has 98 valence electrons. The molecule has 2 nitrogen and oxygen atoms in total. The van der Waals surface area contributed by atoms with Gasteiger partial charge in [-0.05, 0) is 49.5 Å². The molecule has 0 amide bonds. The van der Waals surface area contributed by atoms with Crippen LogP contribution in [-0.4, -0.2) is 5.90 Å². The average molecular weight is 237 g/mol. The molecular formula is C15H27NO. The van der Waals surface area contributed by atoms with E-state index < -0.39 is 0 Å². The number of rotatable bonds is 6. The Morgan fingerprint density at radius 1 is 1.18 bits per heavy atom. The van der Waals surface area contributed by atoms with E-state index in [9.17, 15) is 0 Å². The van der Waals surface area contributed by atoms with Crippen LogP contribution < -0.4 is 0 Å². The summed E-state index contributed by atoms with van der Waals surface area (Å²) in [5.74, 6) is 3.78. The first kappa shape index (κ1) is 14.3. The molecule has 0 radical (unpaired) electrons. The van der Waals surface area contributed by atoms with Gasteiger partial charge in [0.1, 0.15) is 5.76 Å². The summed E-state index contributed by atoms with van der Waals surface area (Å²) in [4.78, 5) is 0. The van der Waals surface area contributed by atoms with Crippen LogP contribution in [0, 0.1) is 23.2 Å². The van der Waals surface area contributed by atoms with Crippen LogP contribution in [0.2, 0.25) is 0 Å². The molecule has 1 aliphatic heterocycles. The summed E-state index contributed by atoms with van der Waals surface area (Å²) >= 11 is 0. The first-order valence-electron chi connectivity index (χ1n) is 6.82. The number of allylic oxidation sites excluding steroid dienone is 1. The maximum Gasteiger partial charge on any atom is 0.194 e. The van der Waals surface area contributed by atoms with E-state index >= 15 is 0 Å². The van der Waals surface area contributed by atoms with E-state index in [2.05, 4.69) is 34.6 Å². The van der Waals surface area contributed by atoms with Gasteiger partial charge in [0.05, 0.1) is 6.42 Å². The van der Waals surface area contributed by atoms with Crippen molar-refractivity contribution in [2.45, 2.75) is 60.3 Å². The first-order valence-corrected chi connectivity index (χ1v) is 6.82. The lowest BCUT2D eigenvalue weighted by Gasteiger charge is -2.24. The van der Waals surface area contributed by atoms with Crippen molar-refractivity contribution in [2.24, 2.45) is 17.8 Å². The summed E-state index contributed by atoms with van der Waals surface area (Å²) in [7, 11) is 0. The molecule has 0 saturated carbocycles. The Labute approximate surface area is 106 Å². The third kappa shape index (κ3) is 4.93. The van der Waals surface area contributed by atoms with Crippen LogP contribution in [0.25, 0.3) is 0 Å². The Balaban J connectivity index is 2.31. The van der Waals surface area contributed by atoms with Gasteiger partial charge in [-0.1, -0.05) is 27.7 Å². The molecule has 1 aliphatic rings. The quantitative estimate of drug-likeness (QED) is 0.710. The van der Waals surface area contributed by atoms with Crippen LogP contribution in [-0.2, 0) is 4.74 Å². The van der Waals surface area contributed by atoms with Crippen LogP contribution in [0.5, 0.6) is 0 Å². The topological polar surface area (TPSA) is 33.1 Å². The van der Waals surface area contributed by atoms with E-state index in [0.29, 0.717) is 5.90 Å². The van der Waals surface area contributed by atoms with Crippen molar-refractivity contribution in [1.82, 2.24) is 0 Å². The minimum absolute atomic E-state index is 0.417. The summed E-state index contributed by atoms with van der Waals surface area (Å²) < 4.78 is 5.23. The molecule has 1 fully saturated rings. The van der Waals surface area contributed by atoms with Gasteiger partial charge in [0, 0.05) is 0 Å². The smallest absolute Gasteiger partial charge is 0.194 e. The summed E-state index contributed by atoms with van der Waals surface area (Å²) in [6.07, 6.45) is 4.46. The highest BCUT2D eigenvalue weighted by atomic mass is 16.5. The Bertz CT molecular complexity index is 294. The molecule has 0 aliphatic carbocycles. The zero-order valence-corrected chi connectivity index (χ0v) is 12.0. The molecule has 0 aromatic rings. The summed E-state index contributed by atoms with van der Waals surface area (Å²) in [5.41, 5.74) is 1.34. The Kier molecular flexibility index (Phi) is 5.23. The fourth-order valence-electron chi connectivity index (χ4n) is 2.83. The lowest BCUT2D eigenvalue weighted by molar-refractivity contribution is 0.309. The highest BCUT2D eigenvalue weighted by Crippen LogP contribution is 2.29. The maximum atomic E-state index is 7.27. The number of hydrogen-bond acceptors (Lipinski definition) is 2. The van der Waals surface area contributed by atoms with Crippen molar-refractivity contribution in [2.75, 3.05) is 0 Å². The molecule has 1 rings (SSSR count). The predicted octanol–water partition coefficient (Wildman–Crippen LogP) is 4.76. The Morgan fingerprint density at radius 3 is 2.24 bits per heavy atom. The second kappa shape index (κ2) is 6.23. The van der Waals surface area contributed by atoms with E-state index in [1.807, 2.05) is 0 Å². The van der Waals surface area contributed by atoms with Gasteiger partial charge in [0.2, 0.25) is 0 Å². The molecule has 2 unspecified atom stereocenters. The molecule has 1 N–H and O–H groups in total. The highest BCUT2D eigenvalue weighted by molar-refractivity contribution is 5.82. The molecule has 17 heavy (non-hydrogen) atoms. The lowest BCUT2D eigenvalue weighted by atomic mass is 9.87. The largest absolute Gasteiger partial charge is 0.447 e. The van der Waals surface area contributed by atoms with Crippen molar-refractivity contribution >= 4 is 5.90 Å². The molecule has 2 heteroatoms. The lowest BCUT2D eigenvalue weighted by Crippen LogP contribution is -2.19. The number of ether oxygens (including phenoxy) is 1. The van der Waals surface area contributed by atoms with E-state index in [0.717, 1.165) is 36.4 Å². The Morgan fingerprint density at radius 2 is 1.76 bits per heavy atom. The zero-order valence-electron chi connectivity index (χ0n) is 12.0. The molecule has 0 aromatic carbocycles. The second-order valence-corrected chi connectivity index (χ2v) is 6.19. The third-order valence-corrected chi connectivity index (χ3v) is 3.38. The summed E-state index contributed by atoms with van der Waals surface area (Å²) in [6, 6.07) is 0. The van der Waals surface area contributed by atoms with Gasteiger partial charge in [-0.15, -0.1) is 0 Å². The van der Waals surface area contributed by atoms with Gasteiger partial charge in [-0.3, -0.25) is 5.41 Å². The second-order valence-electron chi connectivity index (χ2n) is 6.19. The minimum atomic E-state index is 0.417. The number of hydrogen-bond donors (Lipinski definition) is 1. The number of nitrogens with one attached hydrogen (secondary N) is 1. The van der Waals surface area contributed by atoms with E-state index in [-0.39, 0.29) is 0 Å². The predicted molar refractivity (Wildman–Crippen MR) is 73.1 cm³/mol. The van der Waals surface area contributed by atoms with E-state index in [1.54, 1.807) is 0 Å². The first-order chi connectivity index (χ1) is 7.88. The molecule has 1 heterocycles. The third-order valence-electron chi connectivity index (χ3n) is 3.38. The SMILES string of the molecule is C/C(CC(C)CC(C)CC(C)C)=C1\CC(=N)O1. The maximum absolute atomic E-state index is 7.27. The van der Waals surface area contributed by atoms with Crippen LogP contribution in [0.3, 0.4) is 0 Å². The molecule has 0 spiro atoms. The Hall–Kier alpha value is -0.790. The van der Waals surface area contributed by atoms with Crippen LogP contribution in [0.15, 0.2) is 11.3 Å². The van der Waals surface area contributed by atoms with Crippen molar-refractivity contribution in [3.8, 4) is 0 Å². The fourth-order valence-corrected chi connectivity index (χ4v) is 2.83. The van der Waals surface area contributed by atoms with E-state index in [1.165, 1.54) is 18.4 Å². The summed E-state index contributed by atoms with van der Waals surface area (Å²) in [5, 5.41) is 7.27. The molecular weight excluding hydrogens is 210 g/mol. The minimum Gasteiger partial charge on any atom is -0.447 e. The van der Waals surface area contributed by atoms with Gasteiger partial charge in [-0.2, -0.15) is 0 Å². The van der Waals surface area contributed by atoms with Crippen LogP contribution >= 0.6 is 0 Å². The molecule has 0 aromatic heterocycles. The standard InChI is InChI=1S/C15H27NO/c1-10(2)6-11(3)7-12(4)8-13(5)14-9-15(16)17-14/h10-12,16H,6-9H2,1-5H3/b14-13-,16-15?. The van der Waals surface area contributed by atoms with Crippen molar-refractivity contribution in [3.05, 3.63) is 11.3 Å². The normalized spacial score (nSPS) is 21.9. The van der Waals surface area contributed by atoms with Crippen LogP contribution in [0.1, 0.15) is 60.3 Å². The fraction of sp³-hybridized carbons (Fsp3) is 0.800. The van der Waals surface area contributed by atoms with Gasteiger partial charge in [0.15, 0.2) is 5.90 Å². The average Bonchev–Trinajstić information content (AvgIpc) is 2.10. The zero-order chi connectivity index (χ0) is 13.0. The van der Waals surface area contributed by atoms with Gasteiger partial charge >= 0.3 is 0 Å². The van der Waals surface area contributed by atoms with Gasteiger partial charge in [-0.25, -0.2) is 0 Å². The molecule has 0 bridgehead atoms.